The van der Waals surface area contributed by atoms with E-state index in [1.807, 2.05) is 24.3 Å². The molecular formula is C21H29N3OS. The summed E-state index contributed by atoms with van der Waals surface area (Å²) in [5.41, 5.74) is 2.98. The van der Waals surface area contributed by atoms with Crippen molar-refractivity contribution in [1.29, 1.82) is 0 Å². The highest BCUT2D eigenvalue weighted by atomic mass is 32.1. The Morgan fingerprint density at radius 3 is 2.62 bits per heavy atom. The summed E-state index contributed by atoms with van der Waals surface area (Å²) in [5.74, 6) is 0.245. The largest absolute Gasteiger partial charge is 0.348 e. The van der Waals surface area contributed by atoms with Crippen molar-refractivity contribution in [2.75, 3.05) is 23.3 Å². The molecule has 0 radical (unpaired) electrons. The molecule has 140 valence electrons. The monoisotopic (exact) mass is 371 g/mol. The molecule has 1 aromatic heterocycles. The molecular weight excluding hydrogens is 342 g/mol. The van der Waals surface area contributed by atoms with Gasteiger partial charge in [0.15, 0.2) is 5.13 Å². The molecule has 4 nitrogen and oxygen atoms in total. The summed E-state index contributed by atoms with van der Waals surface area (Å²) in [6.45, 7) is 6.49. The van der Waals surface area contributed by atoms with E-state index in [0.29, 0.717) is 0 Å². The van der Waals surface area contributed by atoms with E-state index in [0.717, 1.165) is 60.8 Å². The Bertz CT molecular complexity index is 704. The van der Waals surface area contributed by atoms with Gasteiger partial charge in [0, 0.05) is 35.6 Å². The quantitative estimate of drug-likeness (QED) is 0.660. The number of amides is 1. The molecule has 1 aliphatic rings. The lowest BCUT2D eigenvalue weighted by Crippen LogP contribution is -2.22. The first-order valence-electron chi connectivity index (χ1n) is 9.83. The van der Waals surface area contributed by atoms with E-state index in [9.17, 15) is 4.79 Å². The molecule has 1 aromatic carbocycles. The smallest absolute Gasteiger partial charge is 0.227 e. The Balaban J connectivity index is 1.62. The highest BCUT2D eigenvalue weighted by Crippen LogP contribution is 2.30. The highest BCUT2D eigenvalue weighted by molar-refractivity contribution is 7.14. The summed E-state index contributed by atoms with van der Waals surface area (Å²) in [6.07, 6.45) is 6.62. The summed E-state index contributed by atoms with van der Waals surface area (Å²) < 4.78 is 0. The topological polar surface area (TPSA) is 45.2 Å². The third-order valence-electron chi connectivity index (χ3n) is 5.09. The van der Waals surface area contributed by atoms with Crippen LogP contribution in [-0.2, 0) is 4.79 Å². The number of carbonyl (C=O) groups excluding carboxylic acids is 1. The average Bonchev–Trinajstić information content (AvgIpc) is 3.34. The van der Waals surface area contributed by atoms with Crippen molar-refractivity contribution in [2.24, 2.45) is 5.92 Å². The van der Waals surface area contributed by atoms with Crippen molar-refractivity contribution in [1.82, 2.24) is 4.98 Å². The molecule has 0 aliphatic carbocycles. The molecule has 2 aromatic rings. The predicted molar refractivity (Wildman–Crippen MR) is 111 cm³/mol. The molecule has 0 saturated carbocycles. The van der Waals surface area contributed by atoms with Crippen LogP contribution in [0.2, 0.25) is 0 Å². The number of anilines is 2. The van der Waals surface area contributed by atoms with Crippen LogP contribution in [-0.4, -0.2) is 24.0 Å². The van der Waals surface area contributed by atoms with Gasteiger partial charge in [-0.1, -0.05) is 38.8 Å². The number of nitrogens with zero attached hydrogens (tertiary/aromatic N) is 2. The molecule has 1 aliphatic heterocycles. The van der Waals surface area contributed by atoms with Crippen LogP contribution >= 0.6 is 11.3 Å². The van der Waals surface area contributed by atoms with Crippen LogP contribution in [0.1, 0.15) is 52.4 Å². The first kappa shape index (κ1) is 18.9. The number of carbonyl (C=O) groups is 1. The number of thiazole rings is 1. The number of hydrogen-bond donors (Lipinski definition) is 1. The Hall–Kier alpha value is -1.88. The zero-order valence-corrected chi connectivity index (χ0v) is 16.6. The predicted octanol–water partition coefficient (Wildman–Crippen LogP) is 5.57. The van der Waals surface area contributed by atoms with Crippen LogP contribution in [0, 0.1) is 5.92 Å². The third kappa shape index (κ3) is 4.64. The van der Waals surface area contributed by atoms with Crippen LogP contribution in [0.4, 0.5) is 10.8 Å². The van der Waals surface area contributed by atoms with E-state index in [1.165, 1.54) is 12.8 Å². The molecule has 0 spiro atoms. The van der Waals surface area contributed by atoms with Crippen LogP contribution in [0.15, 0.2) is 29.6 Å². The standard InChI is InChI=1S/C21H29N3OS/c1-3-5-8-16(4-2)20(25)22-18-11-9-17(10-12-18)19-15-26-21(23-19)24-13-6-7-14-24/h9-12,15-16H,3-8,13-14H2,1-2H3,(H,22,25). The molecule has 1 amide bonds. The lowest BCUT2D eigenvalue weighted by Gasteiger charge is -2.14. The fourth-order valence-electron chi connectivity index (χ4n) is 3.39. The van der Waals surface area contributed by atoms with Crippen LogP contribution in [0.25, 0.3) is 11.3 Å². The molecule has 1 saturated heterocycles. The number of benzene rings is 1. The average molecular weight is 372 g/mol. The number of rotatable bonds is 8. The second-order valence-electron chi connectivity index (χ2n) is 7.02. The normalized spacial score (nSPS) is 15.2. The van der Waals surface area contributed by atoms with E-state index >= 15 is 0 Å². The van der Waals surface area contributed by atoms with Crippen molar-refractivity contribution in [3.05, 3.63) is 29.6 Å². The van der Waals surface area contributed by atoms with Gasteiger partial charge >= 0.3 is 0 Å². The molecule has 5 heteroatoms. The maximum Gasteiger partial charge on any atom is 0.227 e. The summed E-state index contributed by atoms with van der Waals surface area (Å²) in [7, 11) is 0. The Morgan fingerprint density at radius 1 is 1.23 bits per heavy atom. The molecule has 0 bridgehead atoms. The van der Waals surface area contributed by atoms with Gasteiger partial charge in [-0.15, -0.1) is 11.3 Å². The van der Waals surface area contributed by atoms with Crippen molar-refractivity contribution in [3.63, 3.8) is 0 Å². The maximum atomic E-state index is 12.4. The molecule has 2 heterocycles. The second kappa shape index (κ2) is 9.17. The fraction of sp³-hybridized carbons (Fsp3) is 0.524. The summed E-state index contributed by atoms with van der Waals surface area (Å²) in [6, 6.07) is 8.06. The molecule has 1 fully saturated rings. The van der Waals surface area contributed by atoms with Gasteiger partial charge in [0.25, 0.3) is 0 Å². The van der Waals surface area contributed by atoms with Gasteiger partial charge in [0.2, 0.25) is 5.91 Å². The van der Waals surface area contributed by atoms with E-state index in [1.54, 1.807) is 11.3 Å². The zero-order chi connectivity index (χ0) is 18.4. The van der Waals surface area contributed by atoms with Gasteiger partial charge in [-0.2, -0.15) is 0 Å². The van der Waals surface area contributed by atoms with E-state index in [2.05, 4.69) is 29.4 Å². The molecule has 1 N–H and O–H groups in total. The lowest BCUT2D eigenvalue weighted by atomic mass is 9.98. The van der Waals surface area contributed by atoms with Gasteiger partial charge in [0.05, 0.1) is 5.69 Å². The van der Waals surface area contributed by atoms with Crippen LogP contribution < -0.4 is 10.2 Å². The minimum absolute atomic E-state index is 0.108. The summed E-state index contributed by atoms with van der Waals surface area (Å²) in [5, 5.41) is 6.31. The highest BCUT2D eigenvalue weighted by Gasteiger charge is 2.17. The summed E-state index contributed by atoms with van der Waals surface area (Å²) >= 11 is 1.72. The fourth-order valence-corrected chi connectivity index (χ4v) is 4.28. The van der Waals surface area contributed by atoms with Crippen LogP contribution in [0.3, 0.4) is 0 Å². The summed E-state index contributed by atoms with van der Waals surface area (Å²) in [4.78, 5) is 19.6. The van der Waals surface area contributed by atoms with Gasteiger partial charge < -0.3 is 10.2 Å². The van der Waals surface area contributed by atoms with Gasteiger partial charge in [0.1, 0.15) is 0 Å². The number of aromatic nitrogens is 1. The van der Waals surface area contributed by atoms with Crippen molar-refractivity contribution in [2.45, 2.75) is 52.4 Å². The molecule has 3 rings (SSSR count). The SMILES string of the molecule is CCCCC(CC)C(=O)Nc1ccc(-c2csc(N3CCCC3)n2)cc1. The zero-order valence-electron chi connectivity index (χ0n) is 15.8. The molecule has 26 heavy (non-hydrogen) atoms. The minimum Gasteiger partial charge on any atom is -0.348 e. The second-order valence-corrected chi connectivity index (χ2v) is 7.86. The first-order valence-corrected chi connectivity index (χ1v) is 10.7. The Kier molecular flexibility index (Phi) is 6.67. The number of unbranched alkanes of at least 4 members (excludes halogenated alkanes) is 1. The van der Waals surface area contributed by atoms with Crippen molar-refractivity contribution in [3.8, 4) is 11.3 Å². The third-order valence-corrected chi connectivity index (χ3v) is 5.99. The lowest BCUT2D eigenvalue weighted by molar-refractivity contribution is -0.120. The maximum absolute atomic E-state index is 12.4. The molecule has 1 unspecified atom stereocenters. The Labute approximate surface area is 160 Å². The van der Waals surface area contributed by atoms with Gasteiger partial charge in [-0.3, -0.25) is 4.79 Å². The first-order chi connectivity index (χ1) is 12.7. The van der Waals surface area contributed by atoms with E-state index in [-0.39, 0.29) is 11.8 Å². The van der Waals surface area contributed by atoms with E-state index < -0.39 is 0 Å². The van der Waals surface area contributed by atoms with Crippen molar-refractivity contribution < 1.29 is 4.79 Å². The van der Waals surface area contributed by atoms with E-state index in [4.69, 9.17) is 4.98 Å². The molecule has 1 atom stereocenters. The van der Waals surface area contributed by atoms with Gasteiger partial charge in [-0.25, -0.2) is 4.98 Å². The Morgan fingerprint density at radius 2 is 1.96 bits per heavy atom. The number of nitrogens with one attached hydrogen (secondary N) is 1. The minimum atomic E-state index is 0.108. The van der Waals surface area contributed by atoms with Crippen molar-refractivity contribution >= 4 is 28.1 Å². The number of hydrogen-bond acceptors (Lipinski definition) is 4. The van der Waals surface area contributed by atoms with Gasteiger partial charge in [-0.05, 0) is 37.8 Å². The van der Waals surface area contributed by atoms with Crippen LogP contribution in [0.5, 0.6) is 0 Å².